The van der Waals surface area contributed by atoms with Gasteiger partial charge >= 0.3 is 0 Å². The standard InChI is InChI=1S/2C23H22NO.C20H24NO.C19H22NO.C17H18NO.C17H20NO.C15H16NO/c2*1-16-10-11-19-15-23(13-17-7-3-4-8-18(17)14-23)25-22(19)21(16)20-9-5-6-12-24(20)2;1-15-9-10-16-14-20(11-5-3-6-12-20)22-19(16)18(15)17-8-4-7-13-21(17)2;1-14-8-9-15-13-19(10-4-5-11-19)21-18(15)17(14)16-7-3-6-12-20(16)2;1-12-6-7-13-11-17(8-9-17)19-16(13)15(12)14-5-3-4-10-18(14)2;1-12-8-9-13-11-17(2,3)19-16(13)15(12)14-7-5-6-10-18(14)4;1-11-6-7-12-8-10-17-15(12)14(11)13-5-3-4-9-16(13)2/h2*3-12H,13-15H2,1-2H3;4,7-10,13H,3,5-6,11-12,14H2,1-2H3;3,6-9,12H,4-5,10-11,13H2,1-2H3;3-7,10H,8-9,11H2,1-2H3;5-10H,11H2,1-4H3;3-7,9H,8,10H2,1-2H3/q7*+1/i13D2,14D2;;;;;;. The van der Waals surface area contributed by atoms with Crippen LogP contribution in [-0.2, 0) is 120 Å². The van der Waals surface area contributed by atoms with Gasteiger partial charge in [0.2, 0.25) is 39.9 Å². The number of benzene rings is 9. The summed E-state index contributed by atoms with van der Waals surface area (Å²) in [7, 11) is 14.5. The Bertz CT molecular complexity index is 7880. The van der Waals surface area contributed by atoms with Crippen LogP contribution in [0, 0.1) is 48.5 Å². The molecule has 5 spiro atoms. The second kappa shape index (κ2) is 40.0. The fourth-order valence-electron chi connectivity index (χ4n) is 24.9. The summed E-state index contributed by atoms with van der Waals surface area (Å²) in [6.07, 6.45) is 32.9. The van der Waals surface area contributed by atoms with E-state index in [4.69, 9.17) is 38.6 Å². The Hall–Kier alpha value is -14.4. The Morgan fingerprint density at radius 3 is 0.730 bits per heavy atom. The molecule has 14 heterocycles. The van der Waals surface area contributed by atoms with Gasteiger partial charge in [-0.2, -0.15) is 0 Å². The molecule has 28 rings (SSSR count). The van der Waals surface area contributed by atoms with E-state index in [0.29, 0.717) is 16.9 Å². The molecule has 14 nitrogen and oxygen atoms in total. The predicted octanol–water partition coefficient (Wildman–Crippen LogP) is 24.4. The SMILES string of the molecule is Cc1ccc2c(c1-c1cccc[n+]1C)OC(C)(C)C2.Cc1ccc2c(c1-c1cccc[n+]1C)OC1(CC1)C2.Cc1ccc2c(c1-c1cccc[n+]1C)OC1(CCCC1)C2.Cc1ccc2c(c1-c1cccc[n+]1C)OC1(CCCCC1)C2.Cc1ccc2c(c1-c1cccc[n+]1C)OC1(Cc3ccccc3C1)C2.Cc1ccc2c(c1-c1cccc[n+]1C)OCC2.[2H]C1([2H])c2ccccc2C([2H])([2H])C12Cc1ccc(C)c(-c3cccc[n+]3C)c1O2. The number of ether oxygens (including phenoxy) is 7. The molecule has 3 fully saturated rings. The highest BCUT2D eigenvalue weighted by Crippen LogP contribution is 2.57. The molecule has 0 atom stereocenters. The van der Waals surface area contributed by atoms with Crippen molar-refractivity contribution < 1.29 is 70.6 Å². The molecule has 0 radical (unpaired) electrons. The first kappa shape index (κ1) is 93.4. The first-order valence-electron chi connectivity index (χ1n) is 55.6. The van der Waals surface area contributed by atoms with E-state index in [9.17, 15) is 0 Å². The maximum absolute atomic E-state index is 8.91. The van der Waals surface area contributed by atoms with Gasteiger partial charge in [-0.05, 0) is 269 Å². The van der Waals surface area contributed by atoms with Crippen LogP contribution < -0.4 is 65.1 Å². The third-order valence-electron chi connectivity index (χ3n) is 32.8. The van der Waals surface area contributed by atoms with Crippen molar-refractivity contribution in [2.45, 2.75) is 237 Å². The van der Waals surface area contributed by atoms with E-state index in [0.717, 1.165) is 115 Å². The van der Waals surface area contributed by atoms with E-state index in [1.54, 1.807) is 24.3 Å². The lowest BCUT2D eigenvalue weighted by molar-refractivity contribution is -0.660. The molecule has 7 aromatic heterocycles. The van der Waals surface area contributed by atoms with Crippen LogP contribution in [0.2, 0.25) is 0 Å². The Labute approximate surface area is 881 Å². The third kappa shape index (κ3) is 19.2. The van der Waals surface area contributed by atoms with Crippen molar-refractivity contribution in [3.63, 3.8) is 0 Å². The van der Waals surface area contributed by atoms with Gasteiger partial charge < -0.3 is 33.2 Å². The van der Waals surface area contributed by atoms with E-state index in [-0.39, 0.29) is 34.4 Å². The van der Waals surface area contributed by atoms with Crippen molar-refractivity contribution in [1.82, 2.24) is 0 Å². The van der Waals surface area contributed by atoms with Gasteiger partial charge in [0, 0.05) is 161 Å². The zero-order valence-electron chi connectivity index (χ0n) is 93.2. The monoisotopic (exact) mass is 1970 g/mol. The van der Waals surface area contributed by atoms with E-state index in [1.807, 2.05) is 67.2 Å². The summed E-state index contributed by atoms with van der Waals surface area (Å²) in [6, 6.07) is 90.3. The molecule has 7 aliphatic heterocycles. The number of aromatic nitrogens is 7. The second-order valence-electron chi connectivity index (χ2n) is 44.4. The minimum absolute atomic E-state index is 0.0798. The highest BCUT2D eigenvalue weighted by molar-refractivity contribution is 5.79. The molecular formula is C134H144N7O7+7. The molecule has 14 heteroatoms. The van der Waals surface area contributed by atoms with Crippen LogP contribution in [0.5, 0.6) is 40.2 Å². The lowest BCUT2D eigenvalue weighted by atomic mass is 9.82. The average Bonchev–Trinajstić information content (AvgIpc) is 1.50. The molecule has 750 valence electrons. The van der Waals surface area contributed by atoms with Gasteiger partial charge in [-0.25, -0.2) is 32.0 Å². The molecule has 0 N–H and O–H groups in total. The Morgan fingerprint density at radius 2 is 0.432 bits per heavy atom. The normalized spacial score (nSPS) is 18.1. The van der Waals surface area contributed by atoms with Gasteiger partial charge in [0.1, 0.15) is 123 Å². The summed E-state index contributed by atoms with van der Waals surface area (Å²) in [4.78, 5) is 0. The van der Waals surface area contributed by atoms with E-state index in [2.05, 4.69) is 356 Å². The molecule has 12 aliphatic rings. The first-order chi connectivity index (χ1) is 73.2. The molecule has 9 aromatic carbocycles. The fourth-order valence-corrected chi connectivity index (χ4v) is 24.9. The van der Waals surface area contributed by atoms with Crippen LogP contribution in [0.4, 0.5) is 0 Å². The molecule has 0 bridgehead atoms. The number of pyridine rings is 7. The molecule has 3 saturated carbocycles. The summed E-state index contributed by atoms with van der Waals surface area (Å²) < 4.78 is 95.4. The zero-order chi connectivity index (χ0) is 106. The third-order valence-corrected chi connectivity index (χ3v) is 32.8. The first-order valence-corrected chi connectivity index (χ1v) is 53.6. The van der Waals surface area contributed by atoms with Crippen LogP contribution >= 0.6 is 0 Å². The van der Waals surface area contributed by atoms with Crippen LogP contribution in [-0.4, -0.2) is 40.2 Å². The maximum atomic E-state index is 8.91. The summed E-state index contributed by atoms with van der Waals surface area (Å²) in [6.45, 7) is 20.1. The summed E-state index contributed by atoms with van der Waals surface area (Å²) >= 11 is 0. The number of hydrogen-bond acceptors (Lipinski definition) is 7. The lowest BCUT2D eigenvalue weighted by Gasteiger charge is -2.32. The van der Waals surface area contributed by atoms with Crippen LogP contribution in [0.15, 0.2) is 304 Å². The smallest absolute Gasteiger partial charge is 0.216 e. The van der Waals surface area contributed by atoms with E-state index < -0.39 is 18.3 Å². The van der Waals surface area contributed by atoms with Gasteiger partial charge in [0.25, 0.3) is 0 Å². The topological polar surface area (TPSA) is 91.8 Å². The molecule has 16 aromatic rings. The Balaban J connectivity index is 0.000000101. The Kier molecular flexibility index (Phi) is 25.3. The summed E-state index contributed by atoms with van der Waals surface area (Å²) in [5.74, 6) is 7.22. The van der Waals surface area contributed by atoms with Crippen molar-refractivity contribution >= 4 is 0 Å². The van der Waals surface area contributed by atoms with Gasteiger partial charge in [-0.3, -0.25) is 0 Å². The highest BCUT2D eigenvalue weighted by Gasteiger charge is 2.53. The van der Waals surface area contributed by atoms with Crippen molar-refractivity contribution in [3.8, 4) is 119 Å². The molecule has 0 saturated heterocycles. The predicted molar refractivity (Wildman–Crippen MR) is 586 cm³/mol. The van der Waals surface area contributed by atoms with Gasteiger partial charge in [-0.1, -0.05) is 140 Å². The minimum Gasteiger partial charge on any atom is -0.492 e. The van der Waals surface area contributed by atoms with Crippen molar-refractivity contribution in [2.24, 2.45) is 49.3 Å². The second-order valence-corrected chi connectivity index (χ2v) is 44.4. The molecule has 0 amide bonds. The van der Waals surface area contributed by atoms with Gasteiger partial charge in [0.15, 0.2) is 43.4 Å². The maximum Gasteiger partial charge on any atom is 0.216 e. The van der Waals surface area contributed by atoms with E-state index in [1.165, 1.54) is 216 Å². The van der Waals surface area contributed by atoms with Crippen LogP contribution in [0.1, 0.15) is 190 Å². The van der Waals surface area contributed by atoms with Gasteiger partial charge in [0.05, 0.1) is 45.6 Å². The summed E-state index contributed by atoms with van der Waals surface area (Å²) in [5, 5.41) is 0. The van der Waals surface area contributed by atoms with Crippen molar-refractivity contribution in [2.75, 3.05) is 6.61 Å². The van der Waals surface area contributed by atoms with Crippen LogP contribution in [0.3, 0.4) is 0 Å². The number of hydrogen-bond donors (Lipinski definition) is 0. The number of fused-ring (bicyclic) bond motifs is 9. The zero-order valence-corrected chi connectivity index (χ0v) is 89.2. The Morgan fingerprint density at radius 1 is 0.209 bits per heavy atom. The minimum atomic E-state index is -1.96. The molecule has 0 unspecified atom stereocenters. The van der Waals surface area contributed by atoms with E-state index >= 15 is 0 Å². The van der Waals surface area contributed by atoms with Gasteiger partial charge in [-0.15, -0.1) is 0 Å². The van der Waals surface area contributed by atoms with Crippen molar-refractivity contribution in [1.29, 1.82) is 0 Å². The average molecular weight is 1970 g/mol. The summed E-state index contributed by atoms with van der Waals surface area (Å²) in [5.41, 5.74) is 36.6. The number of aryl methyl sites for hydroxylation is 14. The van der Waals surface area contributed by atoms with Crippen LogP contribution in [0.25, 0.3) is 78.8 Å². The fraction of sp³-hybridized carbons (Fsp3) is 0.336. The largest absolute Gasteiger partial charge is 0.492 e. The number of rotatable bonds is 7. The van der Waals surface area contributed by atoms with Crippen molar-refractivity contribution in [3.05, 3.63) is 404 Å². The number of nitrogens with zero attached hydrogens (tertiary/aromatic N) is 7. The molecule has 148 heavy (non-hydrogen) atoms. The molecule has 5 aliphatic carbocycles. The lowest BCUT2D eigenvalue weighted by Crippen LogP contribution is -2.36. The highest BCUT2D eigenvalue weighted by atomic mass is 16.5. The quantitative estimate of drug-likeness (QED) is 0.147. The molecular weight excluding hydrogens is 1820 g/mol.